The number of piperidine rings is 2. The highest BCUT2D eigenvalue weighted by Crippen LogP contribution is 2.19. The molecule has 2 saturated heterocycles. The van der Waals surface area contributed by atoms with Gasteiger partial charge < -0.3 is 10.2 Å². The molecular weight excluding hydrogens is 243 g/mol. The van der Waals surface area contributed by atoms with E-state index in [4.69, 9.17) is 0 Å². The van der Waals surface area contributed by atoms with E-state index in [0.717, 1.165) is 11.8 Å². The van der Waals surface area contributed by atoms with Gasteiger partial charge in [-0.05, 0) is 63.7 Å². The third-order valence-corrected chi connectivity index (χ3v) is 3.79. The van der Waals surface area contributed by atoms with Crippen molar-refractivity contribution in [1.82, 2.24) is 10.2 Å². The largest absolute Gasteiger partial charge is 0.316 e. The molecule has 1 unspecified atom stereocenters. The maximum atomic E-state index is 3.51. The third kappa shape index (κ3) is 5.22. The summed E-state index contributed by atoms with van der Waals surface area (Å²) in [5.74, 6) is 1.90. The van der Waals surface area contributed by atoms with Gasteiger partial charge in [0.2, 0.25) is 0 Å². The normalized spacial score (nSPS) is 27.9. The van der Waals surface area contributed by atoms with Gasteiger partial charge in [0.15, 0.2) is 0 Å². The Morgan fingerprint density at radius 1 is 1.12 bits per heavy atom. The molecule has 0 amide bonds. The lowest BCUT2D eigenvalue weighted by Crippen LogP contribution is -2.41. The van der Waals surface area contributed by atoms with Crippen LogP contribution in [-0.2, 0) is 0 Å². The number of halogens is 2. The fourth-order valence-electron chi connectivity index (χ4n) is 2.69. The van der Waals surface area contributed by atoms with E-state index in [-0.39, 0.29) is 24.8 Å². The molecule has 2 rings (SSSR count). The van der Waals surface area contributed by atoms with E-state index < -0.39 is 0 Å². The Morgan fingerprint density at radius 3 is 2.38 bits per heavy atom. The summed E-state index contributed by atoms with van der Waals surface area (Å²) in [5, 5.41) is 3.51. The number of hydrogen-bond acceptors (Lipinski definition) is 2. The van der Waals surface area contributed by atoms with Crippen LogP contribution >= 0.6 is 24.8 Å². The van der Waals surface area contributed by atoms with Crippen molar-refractivity contribution in [2.45, 2.75) is 32.6 Å². The standard InChI is InChI=1S/C12H24N2.2ClH/c1-11-4-7-14(8-5-11)10-12-3-2-6-13-9-12;;/h11-13H,2-10H2,1H3;2*1H. The van der Waals surface area contributed by atoms with Crippen LogP contribution in [0.4, 0.5) is 0 Å². The van der Waals surface area contributed by atoms with Crippen molar-refractivity contribution in [1.29, 1.82) is 0 Å². The van der Waals surface area contributed by atoms with Gasteiger partial charge in [-0.15, -0.1) is 24.8 Å². The van der Waals surface area contributed by atoms with Gasteiger partial charge in [0.05, 0.1) is 0 Å². The second-order valence-corrected chi connectivity index (χ2v) is 5.20. The summed E-state index contributed by atoms with van der Waals surface area (Å²) >= 11 is 0. The molecule has 0 aliphatic carbocycles. The molecule has 2 aliphatic rings. The SMILES string of the molecule is CC1CCN(CC2CCCNC2)CC1.Cl.Cl. The zero-order chi connectivity index (χ0) is 9.80. The lowest BCUT2D eigenvalue weighted by Gasteiger charge is -2.34. The fraction of sp³-hybridized carbons (Fsp3) is 1.00. The third-order valence-electron chi connectivity index (χ3n) is 3.79. The Bertz CT molecular complexity index is 164. The van der Waals surface area contributed by atoms with Crippen molar-refractivity contribution in [3.8, 4) is 0 Å². The first-order valence-corrected chi connectivity index (χ1v) is 6.27. The van der Waals surface area contributed by atoms with Crippen molar-refractivity contribution in [2.75, 3.05) is 32.7 Å². The molecular formula is C12H26Cl2N2. The predicted molar refractivity (Wildman–Crippen MR) is 74.9 cm³/mol. The topological polar surface area (TPSA) is 15.3 Å². The van der Waals surface area contributed by atoms with Crippen LogP contribution in [-0.4, -0.2) is 37.6 Å². The average Bonchev–Trinajstić information content (AvgIpc) is 2.23. The van der Waals surface area contributed by atoms with E-state index in [0.29, 0.717) is 0 Å². The fourth-order valence-corrected chi connectivity index (χ4v) is 2.69. The Hall–Kier alpha value is 0.500. The Balaban J connectivity index is 0.00000112. The predicted octanol–water partition coefficient (Wildman–Crippen LogP) is 2.56. The van der Waals surface area contributed by atoms with Crippen LogP contribution in [0.1, 0.15) is 32.6 Å². The first-order valence-electron chi connectivity index (χ1n) is 6.27. The highest BCUT2D eigenvalue weighted by molar-refractivity contribution is 5.85. The monoisotopic (exact) mass is 268 g/mol. The molecule has 4 heteroatoms. The first kappa shape index (κ1) is 16.5. The van der Waals surface area contributed by atoms with Crippen molar-refractivity contribution >= 4 is 24.8 Å². The minimum absolute atomic E-state index is 0. The zero-order valence-corrected chi connectivity index (χ0v) is 11.9. The smallest absolute Gasteiger partial charge is 0.00218 e. The molecule has 2 fully saturated rings. The molecule has 0 radical (unpaired) electrons. The van der Waals surface area contributed by atoms with Crippen LogP contribution in [0.3, 0.4) is 0 Å². The summed E-state index contributed by atoms with van der Waals surface area (Å²) in [6, 6.07) is 0. The summed E-state index contributed by atoms with van der Waals surface area (Å²) in [6.45, 7) is 8.92. The van der Waals surface area contributed by atoms with Gasteiger partial charge in [0.25, 0.3) is 0 Å². The van der Waals surface area contributed by atoms with Crippen molar-refractivity contribution < 1.29 is 0 Å². The van der Waals surface area contributed by atoms with E-state index in [1.807, 2.05) is 0 Å². The van der Waals surface area contributed by atoms with E-state index >= 15 is 0 Å². The molecule has 98 valence electrons. The molecule has 2 aliphatic heterocycles. The molecule has 0 bridgehead atoms. The van der Waals surface area contributed by atoms with Crippen molar-refractivity contribution in [3.63, 3.8) is 0 Å². The highest BCUT2D eigenvalue weighted by atomic mass is 35.5. The van der Waals surface area contributed by atoms with Crippen LogP contribution in [0.2, 0.25) is 0 Å². The van der Waals surface area contributed by atoms with Gasteiger partial charge in [0, 0.05) is 6.54 Å². The second kappa shape index (κ2) is 8.57. The number of hydrogen-bond donors (Lipinski definition) is 1. The molecule has 0 aromatic heterocycles. The minimum Gasteiger partial charge on any atom is -0.316 e. The second-order valence-electron chi connectivity index (χ2n) is 5.20. The van der Waals surface area contributed by atoms with Crippen LogP contribution in [0.25, 0.3) is 0 Å². The maximum Gasteiger partial charge on any atom is 0.00218 e. The molecule has 16 heavy (non-hydrogen) atoms. The molecule has 0 aromatic rings. The average molecular weight is 269 g/mol. The van der Waals surface area contributed by atoms with Gasteiger partial charge in [-0.3, -0.25) is 0 Å². The van der Waals surface area contributed by atoms with Crippen LogP contribution in [0.5, 0.6) is 0 Å². The highest BCUT2D eigenvalue weighted by Gasteiger charge is 2.20. The van der Waals surface area contributed by atoms with Gasteiger partial charge >= 0.3 is 0 Å². The molecule has 0 saturated carbocycles. The van der Waals surface area contributed by atoms with Crippen molar-refractivity contribution in [2.24, 2.45) is 11.8 Å². The van der Waals surface area contributed by atoms with Gasteiger partial charge in [-0.2, -0.15) is 0 Å². The Kier molecular flexibility index (Phi) is 8.84. The summed E-state index contributed by atoms with van der Waals surface area (Å²) in [6.07, 6.45) is 5.66. The zero-order valence-electron chi connectivity index (χ0n) is 10.3. The summed E-state index contributed by atoms with van der Waals surface area (Å²) in [4.78, 5) is 2.68. The van der Waals surface area contributed by atoms with Gasteiger partial charge in [-0.25, -0.2) is 0 Å². The summed E-state index contributed by atoms with van der Waals surface area (Å²) < 4.78 is 0. The van der Waals surface area contributed by atoms with Gasteiger partial charge in [0.1, 0.15) is 0 Å². The lowest BCUT2D eigenvalue weighted by molar-refractivity contribution is 0.155. The maximum absolute atomic E-state index is 3.51. The van der Waals surface area contributed by atoms with E-state index in [1.165, 1.54) is 58.4 Å². The molecule has 1 atom stereocenters. The summed E-state index contributed by atoms with van der Waals surface area (Å²) in [7, 11) is 0. The van der Waals surface area contributed by atoms with Crippen LogP contribution in [0, 0.1) is 11.8 Å². The number of nitrogens with one attached hydrogen (secondary N) is 1. The summed E-state index contributed by atoms with van der Waals surface area (Å²) in [5.41, 5.74) is 0. The van der Waals surface area contributed by atoms with E-state index in [2.05, 4.69) is 17.1 Å². The Labute approximate surface area is 112 Å². The molecule has 0 aromatic carbocycles. The van der Waals surface area contributed by atoms with Crippen LogP contribution in [0.15, 0.2) is 0 Å². The Morgan fingerprint density at radius 2 is 1.81 bits per heavy atom. The molecule has 0 spiro atoms. The number of rotatable bonds is 2. The quantitative estimate of drug-likeness (QED) is 0.829. The van der Waals surface area contributed by atoms with Crippen LogP contribution < -0.4 is 5.32 Å². The number of likely N-dealkylation sites (tertiary alicyclic amines) is 1. The minimum atomic E-state index is 0. The first-order chi connectivity index (χ1) is 6.84. The number of nitrogens with zero attached hydrogens (tertiary/aromatic N) is 1. The lowest BCUT2D eigenvalue weighted by atomic mass is 9.95. The van der Waals surface area contributed by atoms with E-state index in [9.17, 15) is 0 Å². The molecule has 1 N–H and O–H groups in total. The molecule has 2 nitrogen and oxygen atoms in total. The molecule has 2 heterocycles. The van der Waals surface area contributed by atoms with E-state index in [1.54, 1.807) is 0 Å². The van der Waals surface area contributed by atoms with Crippen molar-refractivity contribution in [3.05, 3.63) is 0 Å². The van der Waals surface area contributed by atoms with Gasteiger partial charge in [-0.1, -0.05) is 6.92 Å².